The van der Waals surface area contributed by atoms with Gasteiger partial charge in [0.15, 0.2) is 11.5 Å². The molecule has 25 heavy (non-hydrogen) atoms. The van der Waals surface area contributed by atoms with Crippen LogP contribution in [0.15, 0.2) is 54.3 Å². The van der Waals surface area contributed by atoms with Crippen molar-refractivity contribution in [1.82, 2.24) is 0 Å². The van der Waals surface area contributed by atoms with E-state index in [0.717, 1.165) is 5.33 Å². The Hall–Kier alpha value is -2.40. The summed E-state index contributed by atoms with van der Waals surface area (Å²) in [6, 6.07) is 13.7. The highest BCUT2D eigenvalue weighted by Crippen LogP contribution is 2.33. The average molecular weight is 403 g/mol. The summed E-state index contributed by atoms with van der Waals surface area (Å²) < 4.78 is 10.3. The van der Waals surface area contributed by atoms with Gasteiger partial charge in [-0.3, -0.25) is 9.59 Å². The Morgan fingerprint density at radius 1 is 0.840 bits per heavy atom. The van der Waals surface area contributed by atoms with Gasteiger partial charge in [-0.1, -0.05) is 59.3 Å². The number of carbonyl (C=O) groups excluding carboxylic acids is 2. The second-order valence-corrected chi connectivity index (χ2v) is 6.23. The third-order valence-corrected chi connectivity index (χ3v) is 3.66. The topological polar surface area (TPSA) is 52.6 Å². The molecule has 0 radical (unpaired) electrons. The number of fused-ring (bicyclic) bond motifs is 1. The minimum absolute atomic E-state index is 0.0777. The monoisotopic (exact) mass is 402 g/mol. The van der Waals surface area contributed by atoms with Crippen LogP contribution < -0.4 is 4.74 Å². The molecular weight excluding hydrogens is 384 g/mol. The highest BCUT2D eigenvalue weighted by Gasteiger charge is 2.33. The van der Waals surface area contributed by atoms with Crippen molar-refractivity contribution in [2.45, 2.75) is 6.92 Å². The van der Waals surface area contributed by atoms with Crippen molar-refractivity contribution in [3.8, 4) is 5.75 Å². The van der Waals surface area contributed by atoms with Crippen molar-refractivity contribution in [3.63, 3.8) is 0 Å². The van der Waals surface area contributed by atoms with E-state index >= 15 is 0 Å². The Bertz CT molecular complexity index is 807. The van der Waals surface area contributed by atoms with Gasteiger partial charge in [0.2, 0.25) is 5.78 Å². The predicted octanol–water partition coefficient (Wildman–Crippen LogP) is 4.53. The van der Waals surface area contributed by atoms with E-state index in [4.69, 9.17) is 9.47 Å². The van der Waals surface area contributed by atoms with Gasteiger partial charge in [-0.15, -0.1) is 0 Å². The molecule has 0 N–H and O–H groups in total. The van der Waals surface area contributed by atoms with Crippen LogP contribution in [0, 0.1) is 0 Å². The summed E-state index contributed by atoms with van der Waals surface area (Å²) in [5.41, 5.74) is 1.69. The Kier molecular flexibility index (Phi) is 6.53. The molecule has 0 bridgehead atoms. The molecule has 0 aromatic heterocycles. The van der Waals surface area contributed by atoms with Crippen LogP contribution in [0.4, 0.5) is 0 Å². The van der Waals surface area contributed by atoms with Crippen molar-refractivity contribution in [2.75, 3.05) is 19.5 Å². The van der Waals surface area contributed by atoms with Crippen LogP contribution in [-0.4, -0.2) is 31.1 Å². The first-order valence-corrected chi connectivity index (χ1v) is 8.88. The first kappa shape index (κ1) is 18.9. The number of benzene rings is 2. The smallest absolute Gasteiger partial charge is 0.229 e. The van der Waals surface area contributed by atoms with Crippen LogP contribution in [0.3, 0.4) is 0 Å². The molecule has 4 nitrogen and oxygen atoms in total. The molecule has 0 saturated heterocycles. The van der Waals surface area contributed by atoms with E-state index in [0.29, 0.717) is 22.4 Å². The van der Waals surface area contributed by atoms with Gasteiger partial charge in [0.1, 0.15) is 5.75 Å². The molecule has 0 heterocycles. The fourth-order valence-electron chi connectivity index (χ4n) is 2.57. The molecule has 0 spiro atoms. The van der Waals surface area contributed by atoms with Gasteiger partial charge < -0.3 is 9.47 Å². The molecule has 0 amide bonds. The number of hydrogen-bond acceptors (Lipinski definition) is 4. The summed E-state index contributed by atoms with van der Waals surface area (Å²) in [6.45, 7) is 2.04. The van der Waals surface area contributed by atoms with Crippen LogP contribution in [0.1, 0.15) is 33.2 Å². The van der Waals surface area contributed by atoms with Crippen molar-refractivity contribution in [2.24, 2.45) is 0 Å². The van der Waals surface area contributed by atoms with Gasteiger partial charge in [-0.2, -0.15) is 0 Å². The van der Waals surface area contributed by atoms with Gasteiger partial charge in [0, 0.05) is 16.5 Å². The summed E-state index contributed by atoms with van der Waals surface area (Å²) >= 11 is 3.15. The minimum atomic E-state index is -0.275. The van der Waals surface area contributed by atoms with Gasteiger partial charge in [-0.25, -0.2) is 0 Å². The van der Waals surface area contributed by atoms with Gasteiger partial charge >= 0.3 is 0 Å². The second-order valence-electron chi connectivity index (χ2n) is 5.11. The zero-order valence-corrected chi connectivity index (χ0v) is 15.9. The zero-order valence-electron chi connectivity index (χ0n) is 14.3. The molecule has 130 valence electrons. The fourth-order valence-corrected chi connectivity index (χ4v) is 2.57. The van der Waals surface area contributed by atoms with E-state index in [1.54, 1.807) is 55.6 Å². The first-order chi connectivity index (χ1) is 12.1. The summed E-state index contributed by atoms with van der Waals surface area (Å²) in [7, 11) is 2.97. The maximum Gasteiger partial charge on any atom is 0.229 e. The van der Waals surface area contributed by atoms with Crippen molar-refractivity contribution in [1.29, 1.82) is 0 Å². The van der Waals surface area contributed by atoms with Crippen LogP contribution in [0.25, 0.3) is 5.57 Å². The molecular formula is C20H19BrO4. The zero-order chi connectivity index (χ0) is 18.4. The lowest BCUT2D eigenvalue weighted by atomic mass is 9.85. The lowest BCUT2D eigenvalue weighted by Crippen LogP contribution is -2.22. The number of methoxy groups -OCH3 is 2. The molecule has 2 aromatic carbocycles. The molecule has 1 aliphatic rings. The van der Waals surface area contributed by atoms with Gasteiger partial charge in [0.05, 0.1) is 19.8 Å². The summed E-state index contributed by atoms with van der Waals surface area (Å²) in [5.74, 6) is 0.271. The molecule has 0 saturated carbocycles. The largest absolute Gasteiger partial charge is 0.497 e. The van der Waals surface area contributed by atoms with Crippen LogP contribution in [0.2, 0.25) is 0 Å². The van der Waals surface area contributed by atoms with Crippen molar-refractivity contribution < 1.29 is 19.1 Å². The lowest BCUT2D eigenvalue weighted by molar-refractivity contribution is 0.0925. The van der Waals surface area contributed by atoms with E-state index in [2.05, 4.69) is 15.9 Å². The number of allylic oxidation sites excluding steroid dienone is 2. The number of carbonyl (C=O) groups is 2. The van der Waals surface area contributed by atoms with E-state index in [1.165, 1.54) is 7.11 Å². The highest BCUT2D eigenvalue weighted by molar-refractivity contribution is 9.09. The molecule has 3 rings (SSSR count). The highest BCUT2D eigenvalue weighted by atomic mass is 79.9. The molecule has 0 atom stereocenters. The third kappa shape index (κ3) is 3.82. The number of alkyl halides is 1. The Labute approximate surface area is 155 Å². The standard InChI is InChI=1S/C18H14O4.C2H5Br/c1-21-12-9-7-11(8-10-12)15-16(19)13-5-3-4-6-14(13)17(20)18(15)22-2;1-2-3/h3-10H,1-2H3;2H2,1H3. The van der Waals surface area contributed by atoms with E-state index in [9.17, 15) is 9.59 Å². The number of ketones is 2. The van der Waals surface area contributed by atoms with Crippen molar-refractivity contribution in [3.05, 3.63) is 71.0 Å². The average Bonchev–Trinajstić information content (AvgIpc) is 2.65. The summed E-state index contributed by atoms with van der Waals surface area (Å²) in [5, 5.41) is 1.06. The molecule has 0 fully saturated rings. The predicted molar refractivity (Wildman–Crippen MR) is 101 cm³/mol. The number of hydrogen-bond donors (Lipinski definition) is 0. The first-order valence-electron chi connectivity index (χ1n) is 7.76. The molecule has 1 aliphatic carbocycles. The maximum atomic E-state index is 12.8. The maximum absolute atomic E-state index is 12.8. The summed E-state index contributed by atoms with van der Waals surface area (Å²) in [4.78, 5) is 25.3. The Morgan fingerprint density at radius 2 is 1.36 bits per heavy atom. The quantitative estimate of drug-likeness (QED) is 0.707. The number of rotatable bonds is 3. The molecule has 2 aromatic rings. The number of Topliss-reactive ketones (excluding diaryl/α,β-unsaturated/α-hetero) is 2. The fraction of sp³-hybridized carbons (Fsp3) is 0.200. The Morgan fingerprint density at radius 3 is 1.84 bits per heavy atom. The molecule has 0 unspecified atom stereocenters. The molecule has 0 aliphatic heterocycles. The molecule has 5 heteroatoms. The SMILES string of the molecule is CCBr.COC1=C(c2ccc(OC)cc2)C(=O)c2ccccc2C1=O. The van der Waals surface area contributed by atoms with Gasteiger partial charge in [0.25, 0.3) is 0 Å². The van der Waals surface area contributed by atoms with Crippen LogP contribution in [0.5, 0.6) is 5.75 Å². The van der Waals surface area contributed by atoms with E-state index in [1.807, 2.05) is 6.92 Å². The summed E-state index contributed by atoms with van der Waals surface area (Å²) in [6.07, 6.45) is 0. The van der Waals surface area contributed by atoms with Crippen molar-refractivity contribution >= 4 is 33.1 Å². The Balaban J connectivity index is 0.000000701. The second kappa shape index (κ2) is 8.62. The normalized spacial score (nSPS) is 13.0. The number of halogens is 1. The lowest BCUT2D eigenvalue weighted by Gasteiger charge is -2.20. The van der Waals surface area contributed by atoms with E-state index < -0.39 is 0 Å². The number of ether oxygens (including phenoxy) is 2. The minimum Gasteiger partial charge on any atom is -0.497 e. The van der Waals surface area contributed by atoms with Crippen LogP contribution in [-0.2, 0) is 4.74 Å². The van der Waals surface area contributed by atoms with E-state index in [-0.39, 0.29) is 22.9 Å². The van der Waals surface area contributed by atoms with Gasteiger partial charge in [-0.05, 0) is 17.7 Å². The van der Waals surface area contributed by atoms with Crippen LogP contribution >= 0.6 is 15.9 Å². The third-order valence-electron chi connectivity index (χ3n) is 3.66.